The molecular weight excluding hydrogens is 410 g/mol. The third-order valence-electron chi connectivity index (χ3n) is 3.60. The van der Waals surface area contributed by atoms with Gasteiger partial charge in [-0.15, -0.1) is 0 Å². The number of nitrogens with one attached hydrogen (secondary N) is 1. The Kier molecular flexibility index (Phi) is 6.84. The van der Waals surface area contributed by atoms with Crippen molar-refractivity contribution in [3.05, 3.63) is 63.1 Å². The molecular formula is C18H17BrClNO4. The van der Waals surface area contributed by atoms with E-state index >= 15 is 0 Å². The summed E-state index contributed by atoms with van der Waals surface area (Å²) < 4.78 is 10.5. The van der Waals surface area contributed by atoms with E-state index in [-0.39, 0.29) is 12.3 Å². The lowest BCUT2D eigenvalue weighted by Gasteiger charge is -2.20. The molecule has 25 heavy (non-hydrogen) atoms. The van der Waals surface area contributed by atoms with Crippen LogP contribution < -0.4 is 10.1 Å². The predicted octanol–water partition coefficient (Wildman–Crippen LogP) is 4.15. The van der Waals surface area contributed by atoms with Crippen molar-refractivity contribution in [2.75, 3.05) is 14.2 Å². The molecule has 2 aromatic rings. The summed E-state index contributed by atoms with van der Waals surface area (Å²) in [7, 11) is 2.82. The van der Waals surface area contributed by atoms with E-state index in [0.717, 1.165) is 0 Å². The molecule has 0 saturated heterocycles. The average Bonchev–Trinajstić information content (AvgIpc) is 2.61. The standard InChI is InChI=1S/C18H17BrClNO4/c1-24-11-7-8-14(19)13(9-11)18(23)21-16(10-17(22)25-2)12-5-3-4-6-15(12)20/h3-9,16H,10H2,1-2H3,(H,21,23). The molecule has 5 nitrogen and oxygen atoms in total. The maximum atomic E-state index is 12.7. The molecule has 0 spiro atoms. The van der Waals surface area contributed by atoms with Gasteiger partial charge in [0.25, 0.3) is 5.91 Å². The van der Waals surface area contributed by atoms with Crippen LogP contribution in [0.4, 0.5) is 0 Å². The van der Waals surface area contributed by atoms with Gasteiger partial charge in [0, 0.05) is 9.50 Å². The number of ether oxygens (including phenoxy) is 2. The van der Waals surface area contributed by atoms with Gasteiger partial charge in [0.05, 0.1) is 32.2 Å². The second-order valence-corrected chi connectivity index (χ2v) is 6.44. The normalized spacial score (nSPS) is 11.5. The monoisotopic (exact) mass is 425 g/mol. The van der Waals surface area contributed by atoms with Crippen molar-refractivity contribution in [1.29, 1.82) is 0 Å². The molecule has 0 bridgehead atoms. The molecule has 1 N–H and O–H groups in total. The Bertz CT molecular complexity index is 781. The van der Waals surface area contributed by atoms with Crippen LogP contribution in [-0.2, 0) is 9.53 Å². The van der Waals surface area contributed by atoms with Crippen LogP contribution in [0.25, 0.3) is 0 Å². The lowest BCUT2D eigenvalue weighted by Crippen LogP contribution is -2.31. The molecule has 0 heterocycles. The lowest BCUT2D eigenvalue weighted by atomic mass is 10.0. The predicted molar refractivity (Wildman–Crippen MR) is 99.0 cm³/mol. The van der Waals surface area contributed by atoms with Crippen LogP contribution in [0, 0.1) is 0 Å². The summed E-state index contributed by atoms with van der Waals surface area (Å²) in [5.41, 5.74) is 1.03. The van der Waals surface area contributed by atoms with Crippen molar-refractivity contribution in [1.82, 2.24) is 5.32 Å². The van der Waals surface area contributed by atoms with E-state index < -0.39 is 12.0 Å². The number of rotatable bonds is 6. The van der Waals surface area contributed by atoms with Gasteiger partial charge in [-0.1, -0.05) is 29.8 Å². The molecule has 2 aromatic carbocycles. The molecule has 0 aliphatic carbocycles. The summed E-state index contributed by atoms with van der Waals surface area (Å²) in [4.78, 5) is 24.5. The minimum atomic E-state index is -0.619. The Labute approximate surface area is 159 Å². The fourth-order valence-electron chi connectivity index (χ4n) is 2.29. The van der Waals surface area contributed by atoms with Crippen molar-refractivity contribution in [3.8, 4) is 5.75 Å². The Hall–Kier alpha value is -2.05. The molecule has 0 aliphatic heterocycles. The fraction of sp³-hybridized carbons (Fsp3) is 0.222. The van der Waals surface area contributed by atoms with Crippen molar-refractivity contribution in [2.24, 2.45) is 0 Å². The Balaban J connectivity index is 2.31. The van der Waals surface area contributed by atoms with Crippen LogP contribution in [0.5, 0.6) is 5.75 Å². The summed E-state index contributed by atoms with van der Waals surface area (Å²) in [6, 6.07) is 11.5. The first-order valence-electron chi connectivity index (χ1n) is 7.42. The summed E-state index contributed by atoms with van der Waals surface area (Å²) >= 11 is 9.57. The fourth-order valence-corrected chi connectivity index (χ4v) is 2.98. The second kappa shape index (κ2) is 8.87. The molecule has 0 fully saturated rings. The van der Waals surface area contributed by atoms with E-state index in [2.05, 4.69) is 21.2 Å². The number of benzene rings is 2. The van der Waals surface area contributed by atoms with Crippen molar-refractivity contribution >= 4 is 39.4 Å². The number of carbonyl (C=O) groups excluding carboxylic acids is 2. The van der Waals surface area contributed by atoms with Gasteiger partial charge >= 0.3 is 5.97 Å². The minimum absolute atomic E-state index is 0.0342. The highest BCUT2D eigenvalue weighted by atomic mass is 79.9. The Morgan fingerprint density at radius 1 is 1.20 bits per heavy atom. The SMILES string of the molecule is COC(=O)CC(NC(=O)c1cc(OC)ccc1Br)c1ccccc1Cl. The zero-order valence-corrected chi connectivity index (χ0v) is 16.1. The maximum Gasteiger partial charge on any atom is 0.307 e. The number of carbonyl (C=O) groups is 2. The van der Waals surface area contributed by atoms with E-state index in [1.807, 2.05) is 0 Å². The Morgan fingerprint density at radius 2 is 1.92 bits per heavy atom. The summed E-state index contributed by atoms with van der Waals surface area (Å²) in [6.07, 6.45) is -0.0342. The zero-order valence-electron chi connectivity index (χ0n) is 13.7. The molecule has 1 unspecified atom stereocenters. The van der Waals surface area contributed by atoms with Crippen molar-refractivity contribution in [3.63, 3.8) is 0 Å². The molecule has 0 aliphatic rings. The van der Waals surface area contributed by atoms with Gasteiger partial charge in [-0.25, -0.2) is 0 Å². The van der Waals surface area contributed by atoms with E-state index in [0.29, 0.717) is 26.4 Å². The van der Waals surface area contributed by atoms with Crippen LogP contribution in [0.15, 0.2) is 46.9 Å². The molecule has 1 atom stereocenters. The average molecular weight is 427 g/mol. The smallest absolute Gasteiger partial charge is 0.307 e. The summed E-state index contributed by atoms with van der Waals surface area (Å²) in [5, 5.41) is 3.30. The van der Waals surface area contributed by atoms with Gasteiger partial charge < -0.3 is 14.8 Å². The van der Waals surface area contributed by atoms with Gasteiger partial charge in [0.1, 0.15) is 5.75 Å². The van der Waals surface area contributed by atoms with Gasteiger partial charge in [-0.05, 0) is 45.8 Å². The molecule has 2 rings (SSSR count). The summed E-state index contributed by atoms with van der Waals surface area (Å²) in [6.45, 7) is 0. The third kappa shape index (κ3) is 4.96. The largest absolute Gasteiger partial charge is 0.497 e. The number of hydrogen-bond acceptors (Lipinski definition) is 4. The maximum absolute atomic E-state index is 12.7. The first-order chi connectivity index (χ1) is 12.0. The van der Waals surface area contributed by atoms with Gasteiger partial charge in [-0.2, -0.15) is 0 Å². The quantitative estimate of drug-likeness (QED) is 0.705. The van der Waals surface area contributed by atoms with Crippen LogP contribution in [-0.4, -0.2) is 26.1 Å². The molecule has 132 valence electrons. The Morgan fingerprint density at radius 3 is 2.56 bits per heavy atom. The van der Waals surface area contributed by atoms with E-state index in [4.69, 9.17) is 21.1 Å². The number of methoxy groups -OCH3 is 2. The molecule has 1 amide bonds. The molecule has 0 radical (unpaired) electrons. The highest BCUT2D eigenvalue weighted by molar-refractivity contribution is 9.10. The first-order valence-corrected chi connectivity index (χ1v) is 8.59. The minimum Gasteiger partial charge on any atom is -0.497 e. The van der Waals surface area contributed by atoms with Gasteiger partial charge in [-0.3, -0.25) is 9.59 Å². The number of amides is 1. The van der Waals surface area contributed by atoms with E-state index in [1.165, 1.54) is 14.2 Å². The van der Waals surface area contributed by atoms with Crippen LogP contribution in [0.2, 0.25) is 5.02 Å². The highest BCUT2D eigenvalue weighted by Crippen LogP contribution is 2.27. The topological polar surface area (TPSA) is 64.6 Å². The lowest BCUT2D eigenvalue weighted by molar-refractivity contribution is -0.141. The third-order valence-corrected chi connectivity index (χ3v) is 4.64. The molecule has 0 aromatic heterocycles. The summed E-state index contributed by atoms with van der Waals surface area (Å²) in [5.74, 6) is -0.259. The van der Waals surface area contributed by atoms with Crippen molar-refractivity contribution < 1.29 is 19.1 Å². The molecule has 7 heteroatoms. The van der Waals surface area contributed by atoms with Crippen molar-refractivity contribution in [2.45, 2.75) is 12.5 Å². The van der Waals surface area contributed by atoms with Gasteiger partial charge in [0.15, 0.2) is 0 Å². The number of hydrogen-bond donors (Lipinski definition) is 1. The second-order valence-electron chi connectivity index (χ2n) is 5.17. The van der Waals surface area contributed by atoms with Crippen LogP contribution >= 0.6 is 27.5 Å². The number of esters is 1. The van der Waals surface area contributed by atoms with E-state index in [9.17, 15) is 9.59 Å². The highest BCUT2D eigenvalue weighted by Gasteiger charge is 2.22. The van der Waals surface area contributed by atoms with Crippen LogP contribution in [0.1, 0.15) is 28.4 Å². The molecule has 0 saturated carbocycles. The van der Waals surface area contributed by atoms with Crippen LogP contribution in [0.3, 0.4) is 0 Å². The van der Waals surface area contributed by atoms with E-state index in [1.54, 1.807) is 42.5 Å². The zero-order chi connectivity index (χ0) is 18.4. The van der Waals surface area contributed by atoms with Gasteiger partial charge in [0.2, 0.25) is 0 Å². The number of halogens is 2. The first kappa shape index (κ1) is 19.3.